The van der Waals surface area contributed by atoms with E-state index in [4.69, 9.17) is 0 Å². The monoisotopic (exact) mass is 904 g/mol. The van der Waals surface area contributed by atoms with E-state index in [1.54, 1.807) is 0 Å². The van der Waals surface area contributed by atoms with Crippen LogP contribution in [0.3, 0.4) is 0 Å². The van der Waals surface area contributed by atoms with Gasteiger partial charge >= 0.3 is 0 Å². The lowest BCUT2D eigenvalue weighted by atomic mass is 10.1. The first-order valence-electron chi connectivity index (χ1n) is 21.5. The number of hydrogen-bond donors (Lipinski definition) is 0. The van der Waals surface area contributed by atoms with Crippen LogP contribution >= 0.6 is 0 Å². The summed E-state index contributed by atoms with van der Waals surface area (Å²) < 4.78 is 0.990. The molecule has 0 spiro atoms. The Morgan fingerprint density at radius 1 is 0.250 bits per heavy atom. The van der Waals surface area contributed by atoms with Crippen molar-refractivity contribution in [3.8, 4) is 0 Å². The van der Waals surface area contributed by atoms with Crippen molar-refractivity contribution in [3.63, 3.8) is 0 Å². The molecule has 0 aliphatic heterocycles. The van der Waals surface area contributed by atoms with Gasteiger partial charge in [0.25, 0.3) is 0 Å². The van der Waals surface area contributed by atoms with Crippen molar-refractivity contribution in [2.24, 2.45) is 0 Å². The Hall–Kier alpha value is -4.89. The molecule has 7 aromatic rings. The van der Waals surface area contributed by atoms with E-state index in [1.165, 1.54) is 38.9 Å². The minimum Gasteiger partial charge on any atom is -1.00 e. The fraction of sp³-hybridized carbons (Fsp3) is 0.236. The zero-order valence-electron chi connectivity index (χ0n) is 35.1. The van der Waals surface area contributed by atoms with Gasteiger partial charge < -0.3 is 28.5 Å². The number of benzene rings is 7. The van der Waals surface area contributed by atoms with E-state index in [1.807, 2.05) is 0 Å². The molecule has 308 valence electrons. The van der Waals surface area contributed by atoms with Gasteiger partial charge in [-0.2, -0.15) is 0 Å². The molecule has 0 bridgehead atoms. The summed E-state index contributed by atoms with van der Waals surface area (Å²) in [4.78, 5) is 8.04. The first-order chi connectivity index (χ1) is 29.2. The lowest BCUT2D eigenvalue weighted by Gasteiger charge is -2.43. The summed E-state index contributed by atoms with van der Waals surface area (Å²) in [7, 11) is 0. The number of halogens is 1. The molecule has 0 fully saturated rings. The van der Waals surface area contributed by atoms with Gasteiger partial charge in [-0.3, -0.25) is 14.7 Å². The molecule has 7 rings (SSSR count). The Labute approximate surface area is 377 Å². The summed E-state index contributed by atoms with van der Waals surface area (Å²) in [5, 5.41) is 0. The van der Waals surface area contributed by atoms with Crippen LogP contribution in [0.4, 0.5) is 0 Å². The highest BCUT2D eigenvalue weighted by atomic mass is 127. The molecule has 0 N–H and O–H groups in total. The quantitative estimate of drug-likeness (QED) is 0.0475. The van der Waals surface area contributed by atoms with Crippen molar-refractivity contribution in [1.82, 2.24) is 14.7 Å². The van der Waals surface area contributed by atoms with Crippen LogP contribution in [0.25, 0.3) is 0 Å². The van der Waals surface area contributed by atoms with Gasteiger partial charge in [0.05, 0.1) is 19.6 Å². The first kappa shape index (κ1) is 44.7. The summed E-state index contributed by atoms with van der Waals surface area (Å²) in [6.07, 6.45) is 0. The molecule has 0 aliphatic rings. The second-order valence-electron chi connectivity index (χ2n) is 16.2. The molecule has 60 heavy (non-hydrogen) atoms. The van der Waals surface area contributed by atoms with Crippen molar-refractivity contribution < 1.29 is 28.5 Å². The fourth-order valence-electron chi connectivity index (χ4n) is 8.30. The van der Waals surface area contributed by atoms with Gasteiger partial charge in [0.1, 0.15) is 6.54 Å². The summed E-state index contributed by atoms with van der Waals surface area (Å²) in [5.41, 5.74) is 9.56. The molecule has 0 saturated heterocycles. The number of nitrogens with zero attached hydrogens (tertiary/aromatic N) is 4. The van der Waals surface area contributed by atoms with Crippen LogP contribution < -0.4 is 24.0 Å². The third kappa shape index (κ3) is 15.0. The van der Waals surface area contributed by atoms with Crippen molar-refractivity contribution in [1.29, 1.82) is 0 Å². The zero-order chi connectivity index (χ0) is 40.2. The van der Waals surface area contributed by atoms with Crippen LogP contribution in [0, 0.1) is 0 Å². The summed E-state index contributed by atoms with van der Waals surface area (Å²) in [6.45, 7) is 12.6. The summed E-state index contributed by atoms with van der Waals surface area (Å²) in [6, 6.07) is 77.5. The highest BCUT2D eigenvalue weighted by Crippen LogP contribution is 2.21. The molecule has 4 nitrogen and oxygen atoms in total. The molecule has 0 amide bonds. The largest absolute Gasteiger partial charge is 1.00 e. The van der Waals surface area contributed by atoms with Gasteiger partial charge in [-0.25, -0.2) is 0 Å². The first-order valence-corrected chi connectivity index (χ1v) is 21.5. The average molecular weight is 905 g/mol. The Bertz CT molecular complexity index is 1810. The molecule has 0 heterocycles. The van der Waals surface area contributed by atoms with Crippen molar-refractivity contribution in [2.45, 2.75) is 45.8 Å². The maximum absolute atomic E-state index is 2.68. The molecular formula is C55H61IN4. The molecule has 0 unspecified atom stereocenters. The number of hydrogen-bond acceptors (Lipinski definition) is 3. The molecule has 5 heteroatoms. The van der Waals surface area contributed by atoms with Crippen LogP contribution in [0.5, 0.6) is 0 Å². The van der Waals surface area contributed by atoms with Gasteiger partial charge in [-0.05, 0) is 33.4 Å². The second-order valence-corrected chi connectivity index (χ2v) is 16.2. The molecule has 0 radical (unpaired) electrons. The highest BCUT2D eigenvalue weighted by Gasteiger charge is 2.31. The van der Waals surface area contributed by atoms with Crippen LogP contribution in [-0.4, -0.2) is 58.5 Å². The van der Waals surface area contributed by atoms with E-state index in [9.17, 15) is 0 Å². The van der Waals surface area contributed by atoms with Crippen molar-refractivity contribution in [3.05, 3.63) is 251 Å². The van der Waals surface area contributed by atoms with Gasteiger partial charge in [0.15, 0.2) is 0 Å². The number of rotatable bonds is 23. The predicted octanol–water partition coefficient (Wildman–Crippen LogP) is 8.11. The molecule has 0 atom stereocenters. The van der Waals surface area contributed by atoms with Crippen LogP contribution in [-0.2, 0) is 45.8 Å². The third-order valence-corrected chi connectivity index (χ3v) is 11.5. The second kappa shape index (κ2) is 24.4. The van der Waals surface area contributed by atoms with E-state index in [-0.39, 0.29) is 24.0 Å². The van der Waals surface area contributed by atoms with Crippen LogP contribution in [0.2, 0.25) is 0 Å². The maximum atomic E-state index is 2.68. The Morgan fingerprint density at radius 2 is 0.433 bits per heavy atom. The normalized spacial score (nSPS) is 11.5. The summed E-state index contributed by atoms with van der Waals surface area (Å²) >= 11 is 0. The van der Waals surface area contributed by atoms with Crippen molar-refractivity contribution >= 4 is 0 Å². The SMILES string of the molecule is [I-].c1ccc(CN(CC[N+](CCN(Cc2ccccc2)Cc2ccccc2)(CCN(Cc2ccccc2)Cc2ccccc2)Cc2ccccc2)Cc2ccccc2)cc1. The standard InChI is InChI=1S/C55H61N4.HI/c1-8-22-49(23-9-1)42-56(43-50-24-10-2-11-25-50)36-39-59(48-55-34-20-7-21-35-55,40-37-57(44-51-26-12-3-13-27-51)45-52-28-14-4-15-29-52)41-38-58(46-53-30-16-5-17-31-53)47-54-32-18-6-19-33-54;/h1-35H,36-48H2;1H/q+1;/p-1. The van der Waals surface area contributed by atoms with Gasteiger partial charge in [0, 0.05) is 64.5 Å². The lowest BCUT2D eigenvalue weighted by molar-refractivity contribution is -0.939. The summed E-state index contributed by atoms with van der Waals surface area (Å²) in [5.74, 6) is 0. The van der Waals surface area contributed by atoms with E-state index >= 15 is 0 Å². The lowest BCUT2D eigenvalue weighted by Crippen LogP contribution is -3.00. The van der Waals surface area contributed by atoms with E-state index in [0.717, 1.165) is 89.6 Å². The number of quaternary nitrogens is 1. The van der Waals surface area contributed by atoms with Crippen LogP contribution in [0.1, 0.15) is 38.9 Å². The third-order valence-electron chi connectivity index (χ3n) is 11.5. The molecular weight excluding hydrogens is 844 g/mol. The Balaban J connectivity index is 0.00000604. The molecule has 0 aliphatic carbocycles. The topological polar surface area (TPSA) is 9.72 Å². The van der Waals surface area contributed by atoms with Gasteiger partial charge in [0.2, 0.25) is 0 Å². The van der Waals surface area contributed by atoms with Crippen molar-refractivity contribution in [2.75, 3.05) is 39.3 Å². The predicted molar refractivity (Wildman–Crippen MR) is 246 cm³/mol. The van der Waals surface area contributed by atoms with E-state index in [2.05, 4.69) is 227 Å². The smallest absolute Gasteiger partial charge is 0.104 e. The Morgan fingerprint density at radius 3 is 0.633 bits per heavy atom. The fourth-order valence-corrected chi connectivity index (χ4v) is 8.30. The minimum atomic E-state index is 0. The molecule has 7 aromatic carbocycles. The minimum absolute atomic E-state index is 0. The van der Waals surface area contributed by atoms with Gasteiger partial charge in [-0.15, -0.1) is 0 Å². The van der Waals surface area contributed by atoms with E-state index in [0.29, 0.717) is 0 Å². The zero-order valence-corrected chi connectivity index (χ0v) is 37.2. The average Bonchev–Trinajstić information content (AvgIpc) is 3.29. The van der Waals surface area contributed by atoms with Crippen LogP contribution in [0.15, 0.2) is 212 Å². The maximum Gasteiger partial charge on any atom is 0.104 e. The highest BCUT2D eigenvalue weighted by molar-refractivity contribution is 5.20. The molecule has 0 aromatic heterocycles. The Kier molecular flexibility index (Phi) is 18.2. The molecule has 0 saturated carbocycles. The van der Waals surface area contributed by atoms with Gasteiger partial charge in [-0.1, -0.05) is 212 Å². The van der Waals surface area contributed by atoms with E-state index < -0.39 is 0 Å².